The van der Waals surface area contributed by atoms with Crippen LogP contribution in [0, 0.1) is 6.92 Å². The van der Waals surface area contributed by atoms with Crippen molar-refractivity contribution in [2.45, 2.75) is 20.8 Å². The highest BCUT2D eigenvalue weighted by Gasteiger charge is 2.22. The van der Waals surface area contributed by atoms with Gasteiger partial charge in [-0.2, -0.15) is 0 Å². The van der Waals surface area contributed by atoms with Crippen molar-refractivity contribution in [2.75, 3.05) is 20.3 Å². The molecule has 5 nitrogen and oxygen atoms in total. The molecule has 122 valence electrons. The van der Waals surface area contributed by atoms with Gasteiger partial charge in [-0.05, 0) is 61.4 Å². The number of carbonyl (C=O) groups excluding carboxylic acids is 2. The van der Waals surface area contributed by atoms with Gasteiger partial charge in [-0.3, -0.25) is 0 Å². The van der Waals surface area contributed by atoms with E-state index in [1.807, 2.05) is 0 Å². The van der Waals surface area contributed by atoms with Gasteiger partial charge in [0.1, 0.15) is 5.75 Å². The Morgan fingerprint density at radius 3 is 2.26 bits per heavy atom. The third kappa shape index (κ3) is 3.28. The lowest BCUT2D eigenvalue weighted by Crippen LogP contribution is -2.13. The standard InChI is InChI=1S/C18H20O5/c1-5-22-17(19)15-10-12-9-13(21-4)7-8-14(12)16(11(15)3)18(20)23-6-2/h7-10H,5-6H2,1-4H3. The monoisotopic (exact) mass is 316 g/mol. The molecule has 0 aliphatic rings. The van der Waals surface area contributed by atoms with E-state index in [9.17, 15) is 9.59 Å². The molecule has 0 radical (unpaired) electrons. The van der Waals surface area contributed by atoms with Crippen LogP contribution in [0.3, 0.4) is 0 Å². The zero-order valence-electron chi connectivity index (χ0n) is 13.8. The van der Waals surface area contributed by atoms with Crippen molar-refractivity contribution in [1.29, 1.82) is 0 Å². The summed E-state index contributed by atoms with van der Waals surface area (Å²) in [5, 5.41) is 1.44. The highest BCUT2D eigenvalue weighted by atomic mass is 16.5. The summed E-state index contributed by atoms with van der Waals surface area (Å²) in [6, 6.07) is 7.06. The average Bonchev–Trinajstić information content (AvgIpc) is 2.54. The van der Waals surface area contributed by atoms with Gasteiger partial charge in [0, 0.05) is 0 Å². The van der Waals surface area contributed by atoms with Crippen LogP contribution < -0.4 is 4.74 Å². The number of carbonyl (C=O) groups is 2. The van der Waals surface area contributed by atoms with Gasteiger partial charge in [-0.15, -0.1) is 0 Å². The minimum atomic E-state index is -0.458. The van der Waals surface area contributed by atoms with Crippen LogP contribution in [0.2, 0.25) is 0 Å². The van der Waals surface area contributed by atoms with Gasteiger partial charge in [0.05, 0.1) is 31.5 Å². The van der Waals surface area contributed by atoms with Gasteiger partial charge in [0.25, 0.3) is 0 Å². The van der Waals surface area contributed by atoms with Gasteiger partial charge in [-0.25, -0.2) is 9.59 Å². The Labute approximate surface area is 135 Å². The fourth-order valence-electron chi connectivity index (χ4n) is 2.50. The number of esters is 2. The lowest BCUT2D eigenvalue weighted by molar-refractivity contribution is 0.0525. The van der Waals surface area contributed by atoms with Crippen LogP contribution in [-0.4, -0.2) is 32.3 Å². The number of hydrogen-bond donors (Lipinski definition) is 0. The molecule has 0 heterocycles. The summed E-state index contributed by atoms with van der Waals surface area (Å²) in [5.41, 5.74) is 1.30. The number of benzene rings is 2. The highest BCUT2D eigenvalue weighted by molar-refractivity contribution is 6.10. The Hall–Kier alpha value is -2.56. The molecule has 0 bridgehead atoms. The Morgan fingerprint density at radius 1 is 1.00 bits per heavy atom. The topological polar surface area (TPSA) is 61.8 Å². The first-order valence-electron chi connectivity index (χ1n) is 7.49. The SMILES string of the molecule is CCOC(=O)c1cc2cc(OC)ccc2c(C(=O)OCC)c1C. The Bertz CT molecular complexity index is 749. The van der Waals surface area contributed by atoms with Crippen LogP contribution in [0.25, 0.3) is 10.8 Å². The third-order valence-electron chi connectivity index (χ3n) is 3.58. The number of methoxy groups -OCH3 is 1. The van der Waals surface area contributed by atoms with E-state index in [4.69, 9.17) is 14.2 Å². The van der Waals surface area contributed by atoms with Crippen LogP contribution in [0.4, 0.5) is 0 Å². The van der Waals surface area contributed by atoms with Gasteiger partial charge < -0.3 is 14.2 Å². The molecule has 0 amide bonds. The Morgan fingerprint density at radius 2 is 1.65 bits per heavy atom. The summed E-state index contributed by atoms with van der Waals surface area (Å²) in [7, 11) is 1.56. The van der Waals surface area contributed by atoms with Gasteiger partial charge in [0.2, 0.25) is 0 Å². The first kappa shape index (κ1) is 16.8. The second kappa shape index (κ2) is 7.13. The lowest BCUT2D eigenvalue weighted by Gasteiger charge is -2.14. The zero-order chi connectivity index (χ0) is 17.0. The van der Waals surface area contributed by atoms with E-state index in [2.05, 4.69) is 0 Å². The summed E-state index contributed by atoms with van der Waals surface area (Å²) in [4.78, 5) is 24.6. The molecule has 0 aliphatic carbocycles. The lowest BCUT2D eigenvalue weighted by atomic mass is 9.94. The zero-order valence-corrected chi connectivity index (χ0v) is 13.8. The largest absolute Gasteiger partial charge is 0.497 e. The van der Waals surface area contributed by atoms with E-state index in [0.29, 0.717) is 22.4 Å². The molecule has 0 saturated carbocycles. The van der Waals surface area contributed by atoms with Crippen LogP contribution >= 0.6 is 0 Å². The third-order valence-corrected chi connectivity index (χ3v) is 3.58. The average molecular weight is 316 g/mol. The predicted molar refractivity (Wildman–Crippen MR) is 87.2 cm³/mol. The first-order valence-corrected chi connectivity index (χ1v) is 7.49. The van der Waals surface area contributed by atoms with E-state index >= 15 is 0 Å². The molecule has 2 aromatic carbocycles. The molecular weight excluding hydrogens is 296 g/mol. The van der Waals surface area contributed by atoms with E-state index in [0.717, 1.165) is 10.8 Å². The van der Waals surface area contributed by atoms with E-state index in [-0.39, 0.29) is 13.2 Å². The molecular formula is C18H20O5. The molecule has 0 atom stereocenters. The van der Waals surface area contributed by atoms with Crippen LogP contribution in [-0.2, 0) is 9.47 Å². The molecule has 5 heteroatoms. The minimum Gasteiger partial charge on any atom is -0.497 e. The number of fused-ring (bicyclic) bond motifs is 1. The smallest absolute Gasteiger partial charge is 0.339 e. The predicted octanol–water partition coefficient (Wildman–Crippen LogP) is 3.51. The molecule has 2 rings (SSSR count). The number of rotatable bonds is 5. The normalized spacial score (nSPS) is 10.4. The summed E-state index contributed by atoms with van der Waals surface area (Å²) in [6.07, 6.45) is 0. The minimum absolute atomic E-state index is 0.263. The van der Waals surface area contributed by atoms with Crippen molar-refractivity contribution < 1.29 is 23.8 Å². The van der Waals surface area contributed by atoms with E-state index in [1.54, 1.807) is 52.1 Å². The van der Waals surface area contributed by atoms with Crippen molar-refractivity contribution >= 4 is 22.7 Å². The van der Waals surface area contributed by atoms with Crippen LogP contribution in [0.5, 0.6) is 5.75 Å². The van der Waals surface area contributed by atoms with Gasteiger partial charge in [-0.1, -0.05) is 0 Å². The highest BCUT2D eigenvalue weighted by Crippen LogP contribution is 2.30. The second-order valence-corrected chi connectivity index (χ2v) is 4.95. The van der Waals surface area contributed by atoms with Crippen molar-refractivity contribution in [3.05, 3.63) is 41.0 Å². The molecule has 0 spiro atoms. The Kier molecular flexibility index (Phi) is 5.21. The molecule has 0 saturated heterocycles. The van der Waals surface area contributed by atoms with E-state index < -0.39 is 11.9 Å². The number of hydrogen-bond acceptors (Lipinski definition) is 5. The molecule has 0 aromatic heterocycles. The quantitative estimate of drug-likeness (QED) is 0.790. The summed E-state index contributed by atoms with van der Waals surface area (Å²) in [6.45, 7) is 5.74. The van der Waals surface area contributed by atoms with Crippen molar-refractivity contribution in [1.82, 2.24) is 0 Å². The van der Waals surface area contributed by atoms with Crippen molar-refractivity contribution in [3.63, 3.8) is 0 Å². The first-order chi connectivity index (χ1) is 11.0. The van der Waals surface area contributed by atoms with Crippen LogP contribution in [0.15, 0.2) is 24.3 Å². The second-order valence-electron chi connectivity index (χ2n) is 4.95. The maximum atomic E-state index is 12.4. The molecule has 0 aliphatic heterocycles. The van der Waals surface area contributed by atoms with Crippen LogP contribution in [0.1, 0.15) is 40.1 Å². The summed E-state index contributed by atoms with van der Waals surface area (Å²) >= 11 is 0. The number of ether oxygens (including phenoxy) is 3. The maximum absolute atomic E-state index is 12.4. The molecule has 23 heavy (non-hydrogen) atoms. The molecule has 0 unspecified atom stereocenters. The maximum Gasteiger partial charge on any atom is 0.339 e. The van der Waals surface area contributed by atoms with Gasteiger partial charge >= 0.3 is 11.9 Å². The summed E-state index contributed by atoms with van der Waals surface area (Å²) in [5.74, 6) is -0.266. The van der Waals surface area contributed by atoms with Crippen molar-refractivity contribution in [2.24, 2.45) is 0 Å². The molecule has 2 aromatic rings. The summed E-state index contributed by atoms with van der Waals surface area (Å²) < 4.78 is 15.4. The fourth-order valence-corrected chi connectivity index (χ4v) is 2.50. The molecule has 0 N–H and O–H groups in total. The fraction of sp³-hybridized carbons (Fsp3) is 0.333. The van der Waals surface area contributed by atoms with Gasteiger partial charge in [0.15, 0.2) is 0 Å². The van der Waals surface area contributed by atoms with E-state index in [1.165, 1.54) is 0 Å². The Balaban J connectivity index is 2.75. The molecule has 0 fully saturated rings. The van der Waals surface area contributed by atoms with Crippen molar-refractivity contribution in [3.8, 4) is 5.75 Å².